The zero-order chi connectivity index (χ0) is 17.8. The summed E-state index contributed by atoms with van der Waals surface area (Å²) in [7, 11) is 1.61. The Labute approximate surface area is 149 Å². The summed E-state index contributed by atoms with van der Waals surface area (Å²) in [6.07, 6.45) is 3.27. The first-order valence-electron chi connectivity index (χ1n) is 8.57. The van der Waals surface area contributed by atoms with E-state index in [1.807, 2.05) is 0 Å². The number of H-pyrrole nitrogens is 1. The third-order valence-electron chi connectivity index (χ3n) is 4.86. The van der Waals surface area contributed by atoms with Crippen LogP contribution in [0.25, 0.3) is 10.2 Å². The van der Waals surface area contributed by atoms with Gasteiger partial charge >= 0.3 is 5.69 Å². The molecule has 1 fully saturated rings. The van der Waals surface area contributed by atoms with Gasteiger partial charge in [-0.25, -0.2) is 4.79 Å². The average molecular weight is 365 g/mol. The van der Waals surface area contributed by atoms with E-state index in [0.717, 1.165) is 25.7 Å². The average Bonchev–Trinajstić information content (AvgIpc) is 3.07. The van der Waals surface area contributed by atoms with Gasteiger partial charge in [-0.15, -0.1) is 11.3 Å². The van der Waals surface area contributed by atoms with Gasteiger partial charge < -0.3 is 15.0 Å². The normalized spacial score (nSPS) is 20.7. The second kappa shape index (κ2) is 7.97. The molecule has 7 nitrogen and oxygen atoms in total. The Balaban J connectivity index is 1.60. The maximum atomic E-state index is 12.5. The molecule has 2 aromatic heterocycles. The lowest BCUT2D eigenvalue weighted by Crippen LogP contribution is -2.39. The number of fused-ring (bicyclic) bond motifs is 1. The van der Waals surface area contributed by atoms with E-state index in [1.54, 1.807) is 18.6 Å². The predicted octanol–water partition coefficient (Wildman–Crippen LogP) is 1.32. The van der Waals surface area contributed by atoms with Gasteiger partial charge in [0.2, 0.25) is 5.91 Å². The van der Waals surface area contributed by atoms with Crippen LogP contribution in [0.5, 0.6) is 0 Å². The molecule has 0 spiro atoms. The molecule has 2 aromatic rings. The zero-order valence-electron chi connectivity index (χ0n) is 14.2. The SMILES string of the molecule is COCCNC(=O)C1CCC(Cn2c(=O)[nH]c3ccsc3c2=O)CC1. The summed E-state index contributed by atoms with van der Waals surface area (Å²) in [5, 5.41) is 4.69. The highest BCUT2D eigenvalue weighted by molar-refractivity contribution is 7.17. The zero-order valence-corrected chi connectivity index (χ0v) is 15.1. The first-order chi connectivity index (χ1) is 12.1. The minimum Gasteiger partial charge on any atom is -0.383 e. The molecule has 0 aromatic carbocycles. The molecule has 0 saturated heterocycles. The van der Waals surface area contributed by atoms with Crippen LogP contribution in [0, 0.1) is 11.8 Å². The molecule has 1 saturated carbocycles. The van der Waals surface area contributed by atoms with Gasteiger partial charge in [-0.2, -0.15) is 0 Å². The van der Waals surface area contributed by atoms with E-state index in [9.17, 15) is 14.4 Å². The standard InChI is InChI=1S/C17H23N3O4S/c1-24-8-7-18-15(21)12-4-2-11(3-5-12)10-20-16(22)14-13(6-9-25-14)19-17(20)23/h6,9,11-12H,2-5,7-8,10H2,1H3,(H,18,21)(H,19,23). The highest BCUT2D eigenvalue weighted by Gasteiger charge is 2.27. The van der Waals surface area contributed by atoms with Crippen LogP contribution >= 0.6 is 11.3 Å². The lowest BCUT2D eigenvalue weighted by molar-refractivity contribution is -0.126. The van der Waals surface area contributed by atoms with Crippen LogP contribution in [0.2, 0.25) is 0 Å². The molecule has 25 heavy (non-hydrogen) atoms. The minimum absolute atomic E-state index is 0.0166. The number of methoxy groups -OCH3 is 1. The maximum Gasteiger partial charge on any atom is 0.328 e. The van der Waals surface area contributed by atoms with Gasteiger partial charge in [0.15, 0.2) is 0 Å². The van der Waals surface area contributed by atoms with Crippen molar-refractivity contribution in [2.45, 2.75) is 32.2 Å². The summed E-state index contributed by atoms with van der Waals surface area (Å²) in [4.78, 5) is 39.5. The van der Waals surface area contributed by atoms with Crippen molar-refractivity contribution in [3.8, 4) is 0 Å². The van der Waals surface area contributed by atoms with Crippen LogP contribution in [0.15, 0.2) is 21.0 Å². The number of nitrogens with one attached hydrogen (secondary N) is 2. The largest absolute Gasteiger partial charge is 0.383 e. The van der Waals surface area contributed by atoms with Crippen LogP contribution in [-0.2, 0) is 16.1 Å². The Morgan fingerprint density at radius 3 is 2.84 bits per heavy atom. The number of aromatic amines is 1. The third-order valence-corrected chi connectivity index (χ3v) is 5.76. The number of carbonyl (C=O) groups is 1. The second-order valence-electron chi connectivity index (χ2n) is 6.51. The van der Waals surface area contributed by atoms with Gasteiger partial charge in [0.25, 0.3) is 5.56 Å². The molecule has 136 valence electrons. The Morgan fingerprint density at radius 2 is 2.12 bits per heavy atom. The molecule has 1 aliphatic carbocycles. The molecular formula is C17H23N3O4S. The van der Waals surface area contributed by atoms with Crippen molar-refractivity contribution in [2.24, 2.45) is 11.8 Å². The van der Waals surface area contributed by atoms with Gasteiger partial charge in [-0.3, -0.25) is 14.2 Å². The van der Waals surface area contributed by atoms with Crippen LogP contribution in [0.3, 0.4) is 0 Å². The van der Waals surface area contributed by atoms with Gasteiger partial charge in [-0.05, 0) is 43.0 Å². The van der Waals surface area contributed by atoms with Crippen molar-refractivity contribution < 1.29 is 9.53 Å². The van der Waals surface area contributed by atoms with Gasteiger partial charge in [-0.1, -0.05) is 0 Å². The molecule has 2 N–H and O–H groups in total. The first kappa shape index (κ1) is 17.9. The summed E-state index contributed by atoms with van der Waals surface area (Å²) >= 11 is 1.35. The number of hydrogen-bond acceptors (Lipinski definition) is 5. The van der Waals surface area contributed by atoms with E-state index in [2.05, 4.69) is 10.3 Å². The molecule has 0 atom stereocenters. The predicted molar refractivity (Wildman–Crippen MR) is 97.0 cm³/mol. The summed E-state index contributed by atoms with van der Waals surface area (Å²) in [5.41, 5.74) is 0.0382. The van der Waals surface area contributed by atoms with Crippen LogP contribution in [-0.4, -0.2) is 35.7 Å². The number of amides is 1. The molecule has 2 heterocycles. The number of thiophene rings is 1. The van der Waals surface area contributed by atoms with Crippen molar-refractivity contribution in [3.05, 3.63) is 32.3 Å². The summed E-state index contributed by atoms with van der Waals surface area (Å²) in [6.45, 7) is 1.46. The van der Waals surface area contributed by atoms with Gasteiger partial charge in [0, 0.05) is 26.1 Å². The van der Waals surface area contributed by atoms with Crippen LogP contribution in [0.1, 0.15) is 25.7 Å². The number of carbonyl (C=O) groups excluding carboxylic acids is 1. The minimum atomic E-state index is -0.352. The molecule has 1 amide bonds. The van der Waals surface area contributed by atoms with E-state index in [4.69, 9.17) is 4.74 Å². The molecule has 0 radical (unpaired) electrons. The fraction of sp³-hybridized carbons (Fsp3) is 0.588. The topological polar surface area (TPSA) is 93.2 Å². The van der Waals surface area contributed by atoms with Crippen molar-refractivity contribution in [1.82, 2.24) is 14.9 Å². The Kier molecular flexibility index (Phi) is 5.70. The van der Waals surface area contributed by atoms with Gasteiger partial charge in [0.05, 0.1) is 12.1 Å². The molecular weight excluding hydrogens is 342 g/mol. The van der Waals surface area contributed by atoms with Crippen LogP contribution < -0.4 is 16.6 Å². The number of nitrogens with zero attached hydrogens (tertiary/aromatic N) is 1. The van der Waals surface area contributed by atoms with Crippen LogP contribution in [0.4, 0.5) is 0 Å². The second-order valence-corrected chi connectivity index (χ2v) is 7.43. The number of ether oxygens (including phenoxy) is 1. The van der Waals surface area contributed by atoms with E-state index in [-0.39, 0.29) is 29.0 Å². The third kappa shape index (κ3) is 4.01. The van der Waals surface area contributed by atoms with Crippen molar-refractivity contribution >= 4 is 27.5 Å². The van der Waals surface area contributed by atoms with Crippen molar-refractivity contribution in [3.63, 3.8) is 0 Å². The lowest BCUT2D eigenvalue weighted by Gasteiger charge is -2.27. The van der Waals surface area contributed by atoms with E-state index in [0.29, 0.717) is 29.9 Å². The maximum absolute atomic E-state index is 12.5. The van der Waals surface area contributed by atoms with E-state index >= 15 is 0 Å². The Bertz CT molecular complexity index is 845. The Morgan fingerprint density at radius 1 is 1.36 bits per heavy atom. The number of aromatic nitrogens is 2. The van der Waals surface area contributed by atoms with Crippen molar-refractivity contribution in [2.75, 3.05) is 20.3 Å². The van der Waals surface area contributed by atoms with E-state index < -0.39 is 0 Å². The molecule has 0 aliphatic heterocycles. The number of hydrogen-bond donors (Lipinski definition) is 2. The monoisotopic (exact) mass is 365 g/mol. The van der Waals surface area contributed by atoms with Crippen molar-refractivity contribution in [1.29, 1.82) is 0 Å². The smallest absolute Gasteiger partial charge is 0.328 e. The number of rotatable bonds is 6. The molecule has 8 heteroatoms. The molecule has 1 aliphatic rings. The van der Waals surface area contributed by atoms with Gasteiger partial charge in [0.1, 0.15) is 4.70 Å². The fourth-order valence-corrected chi connectivity index (χ4v) is 4.22. The Hall–Kier alpha value is -1.93. The quantitative estimate of drug-likeness (QED) is 0.755. The fourth-order valence-electron chi connectivity index (χ4n) is 3.42. The lowest BCUT2D eigenvalue weighted by atomic mass is 9.81. The summed E-state index contributed by atoms with van der Waals surface area (Å²) < 4.78 is 6.83. The molecule has 0 unspecified atom stereocenters. The van der Waals surface area contributed by atoms with E-state index in [1.165, 1.54) is 15.9 Å². The first-order valence-corrected chi connectivity index (χ1v) is 9.45. The summed E-state index contributed by atoms with van der Waals surface area (Å²) in [6, 6.07) is 1.75. The highest BCUT2D eigenvalue weighted by Crippen LogP contribution is 2.29. The molecule has 0 bridgehead atoms. The molecule has 3 rings (SSSR count). The summed E-state index contributed by atoms with van der Waals surface area (Å²) in [5.74, 6) is 0.340. The highest BCUT2D eigenvalue weighted by atomic mass is 32.1.